The van der Waals surface area contributed by atoms with Crippen molar-refractivity contribution in [2.45, 2.75) is 13.3 Å². The first-order chi connectivity index (χ1) is 9.04. The van der Waals surface area contributed by atoms with Gasteiger partial charge in [-0.15, -0.1) is 0 Å². The Morgan fingerprint density at radius 2 is 2.21 bits per heavy atom. The van der Waals surface area contributed by atoms with E-state index >= 15 is 0 Å². The molecule has 106 valence electrons. The number of carbonyl (C=O) groups is 1. The molecule has 1 aromatic rings. The molecule has 0 bridgehead atoms. The average Bonchev–Trinajstić information content (AvgIpc) is 2.36. The third-order valence-corrected chi connectivity index (χ3v) is 3.33. The number of nitrogens with two attached hydrogens (primary N) is 1. The van der Waals surface area contributed by atoms with Gasteiger partial charge in [-0.1, -0.05) is 0 Å². The number of nitrogens with one attached hydrogen (secondary N) is 1. The van der Waals surface area contributed by atoms with Gasteiger partial charge in [-0.05, 0) is 31.5 Å². The van der Waals surface area contributed by atoms with E-state index in [0.29, 0.717) is 35.8 Å². The van der Waals surface area contributed by atoms with Crippen molar-refractivity contribution in [1.29, 1.82) is 0 Å². The van der Waals surface area contributed by atoms with Crippen LogP contribution < -0.4 is 11.1 Å². The zero-order valence-corrected chi connectivity index (χ0v) is 12.1. The topological polar surface area (TPSA) is 81.4 Å². The molecule has 1 atom stereocenters. The highest BCUT2D eigenvalue weighted by atomic mass is 32.2. The number of carbonyl (C=O) groups excluding carboxylic acids is 1. The van der Waals surface area contributed by atoms with Gasteiger partial charge >= 0.3 is 5.97 Å². The summed E-state index contributed by atoms with van der Waals surface area (Å²) in [7, 11) is -0.796. The summed E-state index contributed by atoms with van der Waals surface area (Å²) >= 11 is 0. The van der Waals surface area contributed by atoms with Gasteiger partial charge in [-0.2, -0.15) is 0 Å². The molecule has 0 aromatic heterocycles. The van der Waals surface area contributed by atoms with Gasteiger partial charge in [0.15, 0.2) is 0 Å². The summed E-state index contributed by atoms with van der Waals surface area (Å²) < 4.78 is 15.9. The monoisotopic (exact) mass is 284 g/mol. The normalized spacial score (nSPS) is 11.9. The van der Waals surface area contributed by atoms with Gasteiger partial charge < -0.3 is 15.8 Å². The second kappa shape index (κ2) is 7.78. The Bertz CT molecular complexity index is 463. The fourth-order valence-corrected chi connectivity index (χ4v) is 2.14. The van der Waals surface area contributed by atoms with Crippen LogP contribution in [0.3, 0.4) is 0 Å². The summed E-state index contributed by atoms with van der Waals surface area (Å²) in [5.41, 5.74) is 7.32. The highest BCUT2D eigenvalue weighted by Crippen LogP contribution is 2.20. The van der Waals surface area contributed by atoms with Crippen molar-refractivity contribution in [2.75, 3.05) is 36.2 Å². The molecule has 6 heteroatoms. The Morgan fingerprint density at radius 3 is 2.84 bits per heavy atom. The molecule has 0 aliphatic carbocycles. The average molecular weight is 284 g/mol. The van der Waals surface area contributed by atoms with E-state index in [1.165, 1.54) is 0 Å². The molecule has 3 N–H and O–H groups in total. The lowest BCUT2D eigenvalue weighted by Gasteiger charge is -2.11. The maximum absolute atomic E-state index is 11.8. The number of anilines is 2. The highest BCUT2D eigenvalue weighted by Gasteiger charge is 2.12. The van der Waals surface area contributed by atoms with E-state index in [0.717, 1.165) is 6.42 Å². The number of rotatable bonds is 7. The van der Waals surface area contributed by atoms with E-state index in [1.54, 1.807) is 31.4 Å². The van der Waals surface area contributed by atoms with Crippen LogP contribution in [0.15, 0.2) is 18.2 Å². The standard InChI is InChI=1S/C13H20N2O3S/c1-3-18-13(16)11-9-10(14)5-6-12(11)15-7-4-8-19(2)17/h5-6,9,15H,3-4,7-8,14H2,1-2H3. The van der Waals surface area contributed by atoms with Crippen molar-refractivity contribution < 1.29 is 13.7 Å². The van der Waals surface area contributed by atoms with Crippen LogP contribution in [0, 0.1) is 0 Å². The number of hydrogen-bond acceptors (Lipinski definition) is 5. The zero-order valence-electron chi connectivity index (χ0n) is 11.3. The smallest absolute Gasteiger partial charge is 0.340 e. The van der Waals surface area contributed by atoms with Crippen molar-refractivity contribution >= 4 is 28.1 Å². The molecule has 1 aromatic carbocycles. The Morgan fingerprint density at radius 1 is 1.47 bits per heavy atom. The van der Waals surface area contributed by atoms with Gasteiger partial charge in [0.2, 0.25) is 0 Å². The molecule has 0 heterocycles. The van der Waals surface area contributed by atoms with Crippen LogP contribution in [-0.2, 0) is 15.5 Å². The van der Waals surface area contributed by atoms with Gasteiger partial charge in [0.05, 0.1) is 12.2 Å². The highest BCUT2D eigenvalue weighted by molar-refractivity contribution is 7.84. The van der Waals surface area contributed by atoms with E-state index in [2.05, 4.69) is 5.32 Å². The number of esters is 1. The molecule has 0 saturated carbocycles. The zero-order chi connectivity index (χ0) is 14.3. The third kappa shape index (κ3) is 5.30. The molecule has 19 heavy (non-hydrogen) atoms. The summed E-state index contributed by atoms with van der Waals surface area (Å²) in [6, 6.07) is 5.08. The number of benzene rings is 1. The maximum Gasteiger partial charge on any atom is 0.340 e. The second-order valence-electron chi connectivity index (χ2n) is 4.08. The Labute approximate surface area is 116 Å². The molecule has 0 aliphatic rings. The van der Waals surface area contributed by atoms with Crippen molar-refractivity contribution in [3.8, 4) is 0 Å². The lowest BCUT2D eigenvalue weighted by atomic mass is 10.1. The van der Waals surface area contributed by atoms with Gasteiger partial charge in [-0.3, -0.25) is 4.21 Å². The minimum absolute atomic E-state index is 0.321. The summed E-state index contributed by atoms with van der Waals surface area (Å²) in [5, 5.41) is 3.14. The number of nitrogen functional groups attached to an aromatic ring is 1. The van der Waals surface area contributed by atoms with E-state index in [4.69, 9.17) is 10.5 Å². The molecule has 1 rings (SSSR count). The quantitative estimate of drug-likeness (QED) is 0.452. The van der Waals surface area contributed by atoms with Crippen LogP contribution in [0.2, 0.25) is 0 Å². The van der Waals surface area contributed by atoms with Crippen LogP contribution in [-0.4, -0.2) is 35.3 Å². The number of ether oxygens (including phenoxy) is 1. The molecule has 0 amide bonds. The second-order valence-corrected chi connectivity index (χ2v) is 5.64. The SMILES string of the molecule is CCOC(=O)c1cc(N)ccc1NCCCS(C)=O. The lowest BCUT2D eigenvalue weighted by Crippen LogP contribution is -2.12. The molecule has 1 unspecified atom stereocenters. The molecule has 0 radical (unpaired) electrons. The van der Waals surface area contributed by atoms with Crippen LogP contribution in [0.5, 0.6) is 0 Å². The third-order valence-electron chi connectivity index (χ3n) is 2.46. The summed E-state index contributed by atoms with van der Waals surface area (Å²) in [5.74, 6) is 0.243. The first kappa shape index (κ1) is 15.5. The van der Waals surface area contributed by atoms with Crippen LogP contribution in [0.4, 0.5) is 11.4 Å². The fraction of sp³-hybridized carbons (Fsp3) is 0.462. The minimum atomic E-state index is -0.796. The van der Waals surface area contributed by atoms with Crippen molar-refractivity contribution in [1.82, 2.24) is 0 Å². The van der Waals surface area contributed by atoms with Crippen LogP contribution >= 0.6 is 0 Å². The van der Waals surface area contributed by atoms with Crippen molar-refractivity contribution in [3.05, 3.63) is 23.8 Å². The predicted molar refractivity (Wildman–Crippen MR) is 78.9 cm³/mol. The van der Waals surface area contributed by atoms with E-state index < -0.39 is 16.8 Å². The fourth-order valence-electron chi connectivity index (χ4n) is 1.59. The Hall–Kier alpha value is -1.56. The minimum Gasteiger partial charge on any atom is -0.462 e. The molecule has 5 nitrogen and oxygen atoms in total. The molecule has 0 spiro atoms. The van der Waals surface area contributed by atoms with Gasteiger partial charge in [0, 0.05) is 40.7 Å². The predicted octanol–water partition coefficient (Wildman–Crippen LogP) is 1.63. The van der Waals surface area contributed by atoms with Gasteiger partial charge in [0.1, 0.15) is 0 Å². The molecule has 0 saturated heterocycles. The van der Waals surface area contributed by atoms with Crippen LogP contribution in [0.1, 0.15) is 23.7 Å². The Kier molecular flexibility index (Phi) is 6.35. The summed E-state index contributed by atoms with van der Waals surface area (Å²) in [6.45, 7) is 2.73. The van der Waals surface area contributed by atoms with Crippen molar-refractivity contribution in [3.63, 3.8) is 0 Å². The van der Waals surface area contributed by atoms with E-state index in [9.17, 15) is 9.00 Å². The van der Waals surface area contributed by atoms with Crippen LogP contribution in [0.25, 0.3) is 0 Å². The maximum atomic E-state index is 11.8. The molecule has 0 fully saturated rings. The summed E-state index contributed by atoms with van der Waals surface area (Å²) in [4.78, 5) is 11.8. The van der Waals surface area contributed by atoms with Crippen molar-refractivity contribution in [2.24, 2.45) is 0 Å². The Balaban J connectivity index is 2.70. The molecule has 0 aliphatic heterocycles. The largest absolute Gasteiger partial charge is 0.462 e. The first-order valence-corrected chi connectivity index (χ1v) is 7.88. The first-order valence-electron chi connectivity index (χ1n) is 6.15. The van der Waals surface area contributed by atoms with Gasteiger partial charge in [-0.25, -0.2) is 4.79 Å². The van der Waals surface area contributed by atoms with E-state index in [-0.39, 0.29) is 0 Å². The lowest BCUT2D eigenvalue weighted by molar-refractivity contribution is 0.0527. The molecular weight excluding hydrogens is 264 g/mol. The molecular formula is C13H20N2O3S. The summed E-state index contributed by atoms with van der Waals surface area (Å²) in [6.07, 6.45) is 2.45. The van der Waals surface area contributed by atoms with E-state index in [1.807, 2.05) is 0 Å². The number of hydrogen-bond donors (Lipinski definition) is 2. The van der Waals surface area contributed by atoms with Gasteiger partial charge in [0.25, 0.3) is 0 Å².